The molecule has 0 spiro atoms. The van der Waals surface area contributed by atoms with Crippen LogP contribution in [0.5, 0.6) is 0 Å². The van der Waals surface area contributed by atoms with E-state index in [1.807, 2.05) is 0 Å². The normalized spacial score (nSPS) is 25.8. The standard InChI is InChI=1S/C16H22N4O5S/c1-8(21)13-10-5-11(14(16(23)24)20(10)15(13)22)26-7-12(17)19-4-3-9(6-19)18-25-2/h6,8,10,13,17-18,21H,3-5,7H2,1-2H3,(H,23,24)/t8-,10-,13-/m1/s1. The molecule has 0 aliphatic carbocycles. The maximum absolute atomic E-state index is 12.2. The predicted molar refractivity (Wildman–Crippen MR) is 94.8 cm³/mol. The number of carbonyl (C=O) groups excluding carboxylic acids is 1. The molecule has 0 unspecified atom stereocenters. The smallest absolute Gasteiger partial charge is 0.353 e. The lowest BCUT2D eigenvalue weighted by molar-refractivity contribution is -0.161. The minimum atomic E-state index is -1.15. The van der Waals surface area contributed by atoms with Crippen molar-refractivity contribution in [3.63, 3.8) is 0 Å². The first-order chi connectivity index (χ1) is 12.3. The molecule has 26 heavy (non-hydrogen) atoms. The number of hydrogen-bond acceptors (Lipinski definition) is 7. The van der Waals surface area contributed by atoms with Crippen molar-refractivity contribution in [2.75, 3.05) is 19.4 Å². The van der Waals surface area contributed by atoms with Gasteiger partial charge >= 0.3 is 5.97 Å². The number of nitrogens with one attached hydrogen (secondary N) is 2. The van der Waals surface area contributed by atoms with Crippen molar-refractivity contribution in [3.8, 4) is 0 Å². The Morgan fingerprint density at radius 3 is 2.92 bits per heavy atom. The molecule has 3 heterocycles. The van der Waals surface area contributed by atoms with Crippen molar-refractivity contribution in [2.45, 2.75) is 31.9 Å². The van der Waals surface area contributed by atoms with Crippen molar-refractivity contribution in [2.24, 2.45) is 5.92 Å². The molecule has 0 aromatic rings. The maximum atomic E-state index is 12.2. The number of carbonyl (C=O) groups is 2. The second-order valence-electron chi connectivity index (χ2n) is 6.46. The third-order valence-corrected chi connectivity index (χ3v) is 5.91. The van der Waals surface area contributed by atoms with E-state index < -0.39 is 18.0 Å². The topological polar surface area (TPSA) is 126 Å². The number of fused-ring (bicyclic) bond motifs is 1. The molecular weight excluding hydrogens is 360 g/mol. The Labute approximate surface area is 155 Å². The molecule has 3 aliphatic heterocycles. The van der Waals surface area contributed by atoms with Crippen LogP contribution in [0.3, 0.4) is 0 Å². The predicted octanol–water partition coefficient (Wildman–Crippen LogP) is 0.303. The van der Waals surface area contributed by atoms with Crippen molar-refractivity contribution >= 4 is 29.5 Å². The zero-order chi connectivity index (χ0) is 19.0. The fraction of sp³-hybridized carbons (Fsp3) is 0.562. The molecule has 3 atom stereocenters. The Morgan fingerprint density at radius 2 is 2.31 bits per heavy atom. The quantitative estimate of drug-likeness (QED) is 0.214. The number of β-lactam (4-membered cyclic amide) rings is 1. The summed E-state index contributed by atoms with van der Waals surface area (Å²) >= 11 is 1.27. The number of nitrogens with zero attached hydrogens (tertiary/aromatic N) is 2. The zero-order valence-electron chi connectivity index (χ0n) is 14.6. The molecule has 4 N–H and O–H groups in total. The van der Waals surface area contributed by atoms with Crippen molar-refractivity contribution in [3.05, 3.63) is 22.5 Å². The highest BCUT2D eigenvalue weighted by molar-refractivity contribution is 8.03. The average molecular weight is 382 g/mol. The van der Waals surface area contributed by atoms with Crippen LogP contribution in [0.25, 0.3) is 0 Å². The third-order valence-electron chi connectivity index (χ3n) is 4.79. The molecule has 3 rings (SSSR count). The molecule has 9 nitrogen and oxygen atoms in total. The fourth-order valence-corrected chi connectivity index (χ4v) is 4.67. The second-order valence-corrected chi connectivity index (χ2v) is 7.53. The number of amidine groups is 1. The highest BCUT2D eigenvalue weighted by atomic mass is 32.2. The summed E-state index contributed by atoms with van der Waals surface area (Å²) in [7, 11) is 1.52. The summed E-state index contributed by atoms with van der Waals surface area (Å²) in [6, 6.07) is -0.297. The van der Waals surface area contributed by atoms with E-state index in [1.165, 1.54) is 23.8 Å². The molecule has 10 heteroatoms. The van der Waals surface area contributed by atoms with Gasteiger partial charge < -0.3 is 20.0 Å². The fourth-order valence-electron chi connectivity index (χ4n) is 3.58. The summed E-state index contributed by atoms with van der Waals surface area (Å²) in [5, 5.41) is 27.5. The van der Waals surface area contributed by atoms with Crippen LogP contribution in [-0.2, 0) is 14.4 Å². The van der Waals surface area contributed by atoms with Gasteiger partial charge in [0, 0.05) is 30.5 Å². The maximum Gasteiger partial charge on any atom is 0.353 e. The van der Waals surface area contributed by atoms with Crippen LogP contribution in [0.15, 0.2) is 22.5 Å². The Balaban J connectivity index is 1.65. The van der Waals surface area contributed by atoms with Gasteiger partial charge in [0.05, 0.1) is 36.6 Å². The number of thioether (sulfide) groups is 1. The number of hydroxylamine groups is 1. The van der Waals surface area contributed by atoms with Crippen LogP contribution in [0, 0.1) is 11.3 Å². The molecule has 0 radical (unpaired) electrons. The number of aliphatic carboxylic acids is 1. The lowest BCUT2D eigenvalue weighted by Gasteiger charge is -2.44. The van der Waals surface area contributed by atoms with Gasteiger partial charge in [-0.1, -0.05) is 0 Å². The van der Waals surface area contributed by atoms with Crippen LogP contribution in [0.1, 0.15) is 19.8 Å². The van der Waals surface area contributed by atoms with Crippen LogP contribution < -0.4 is 5.48 Å². The molecule has 0 saturated carbocycles. The summed E-state index contributed by atoms with van der Waals surface area (Å²) in [6.07, 6.45) is 2.15. The van der Waals surface area contributed by atoms with E-state index in [2.05, 4.69) is 5.48 Å². The Kier molecular flexibility index (Phi) is 5.26. The Bertz CT molecular complexity index is 705. The van der Waals surface area contributed by atoms with Crippen molar-refractivity contribution in [1.82, 2.24) is 15.3 Å². The summed E-state index contributed by atoms with van der Waals surface area (Å²) in [5.74, 6) is -1.38. The minimum Gasteiger partial charge on any atom is -0.477 e. The highest BCUT2D eigenvalue weighted by Crippen LogP contribution is 2.47. The summed E-state index contributed by atoms with van der Waals surface area (Å²) in [6.45, 7) is 2.21. The van der Waals surface area contributed by atoms with Gasteiger partial charge in [-0.3, -0.25) is 20.5 Å². The molecule has 1 amide bonds. The lowest BCUT2D eigenvalue weighted by Crippen LogP contribution is -2.61. The minimum absolute atomic E-state index is 0.00611. The molecule has 3 aliphatic rings. The van der Waals surface area contributed by atoms with E-state index in [1.54, 1.807) is 18.0 Å². The van der Waals surface area contributed by atoms with E-state index in [0.29, 0.717) is 29.5 Å². The van der Waals surface area contributed by atoms with Gasteiger partial charge in [0.25, 0.3) is 0 Å². The summed E-state index contributed by atoms with van der Waals surface area (Å²) < 4.78 is 0. The Morgan fingerprint density at radius 1 is 1.58 bits per heavy atom. The monoisotopic (exact) mass is 382 g/mol. The van der Waals surface area contributed by atoms with Gasteiger partial charge in [0.2, 0.25) is 5.91 Å². The van der Waals surface area contributed by atoms with E-state index in [-0.39, 0.29) is 17.6 Å². The van der Waals surface area contributed by atoms with Gasteiger partial charge in [-0.05, 0) is 6.92 Å². The molecule has 142 valence electrons. The van der Waals surface area contributed by atoms with Gasteiger partial charge in [0.1, 0.15) is 11.5 Å². The molecule has 0 bridgehead atoms. The Hall–Kier alpha value is -2.04. The number of carboxylic acids is 1. The molecule has 0 aromatic heterocycles. The molecule has 0 aromatic carbocycles. The molecular formula is C16H22N4O5S. The first-order valence-electron chi connectivity index (χ1n) is 8.29. The zero-order valence-corrected chi connectivity index (χ0v) is 15.4. The first-order valence-corrected chi connectivity index (χ1v) is 9.27. The van der Waals surface area contributed by atoms with Gasteiger partial charge in [-0.25, -0.2) is 4.79 Å². The van der Waals surface area contributed by atoms with E-state index in [9.17, 15) is 19.8 Å². The third kappa shape index (κ3) is 3.19. The largest absolute Gasteiger partial charge is 0.477 e. The van der Waals surface area contributed by atoms with Crippen molar-refractivity contribution < 1.29 is 24.6 Å². The van der Waals surface area contributed by atoms with E-state index in [4.69, 9.17) is 10.2 Å². The number of aliphatic hydroxyl groups is 1. The SMILES string of the molecule is CONC1=CN(C(=N)CSC2=C(C(=O)O)N3C(=O)[C@H]([C@@H](C)O)[C@H]3C2)CC1. The second kappa shape index (κ2) is 7.29. The van der Waals surface area contributed by atoms with Gasteiger partial charge in [-0.15, -0.1) is 11.8 Å². The first kappa shape index (κ1) is 18.7. The van der Waals surface area contributed by atoms with Crippen LogP contribution in [0.4, 0.5) is 0 Å². The number of aliphatic hydroxyl groups excluding tert-OH is 1. The van der Waals surface area contributed by atoms with E-state index >= 15 is 0 Å². The molecule has 1 fully saturated rings. The lowest BCUT2D eigenvalue weighted by atomic mass is 9.83. The van der Waals surface area contributed by atoms with E-state index in [0.717, 1.165) is 12.1 Å². The summed E-state index contributed by atoms with van der Waals surface area (Å²) in [5.41, 5.74) is 3.62. The number of amides is 1. The average Bonchev–Trinajstić information content (AvgIpc) is 3.15. The highest BCUT2D eigenvalue weighted by Gasteiger charge is 2.56. The van der Waals surface area contributed by atoms with Crippen molar-refractivity contribution in [1.29, 1.82) is 5.41 Å². The van der Waals surface area contributed by atoms with Gasteiger partial charge in [0.15, 0.2) is 0 Å². The number of carboxylic acid groups (broad SMARTS) is 1. The summed E-state index contributed by atoms with van der Waals surface area (Å²) in [4.78, 5) is 32.3. The van der Waals surface area contributed by atoms with Crippen LogP contribution in [-0.4, -0.2) is 69.3 Å². The number of hydrogen-bond donors (Lipinski definition) is 4. The molecule has 1 saturated heterocycles. The van der Waals surface area contributed by atoms with Crippen LogP contribution >= 0.6 is 11.8 Å². The van der Waals surface area contributed by atoms with Crippen LogP contribution in [0.2, 0.25) is 0 Å². The van der Waals surface area contributed by atoms with Gasteiger partial charge in [-0.2, -0.15) is 0 Å². The number of rotatable bonds is 7.